The third-order valence-corrected chi connectivity index (χ3v) is 6.48. The molecule has 0 aliphatic carbocycles. The lowest BCUT2D eigenvalue weighted by Gasteiger charge is -2.33. The summed E-state index contributed by atoms with van der Waals surface area (Å²) in [7, 11) is -3.48. The summed E-state index contributed by atoms with van der Waals surface area (Å²) < 4.78 is 40.3. The number of rotatable bonds is 4. The average Bonchev–Trinajstić information content (AvgIpc) is 2.59. The molecule has 1 aromatic carbocycles. The minimum absolute atomic E-state index is 0.223. The third-order valence-electron chi connectivity index (χ3n) is 3.99. The minimum Gasteiger partial charge on any atom is -0.296 e. The third kappa shape index (κ3) is 3.83. The molecule has 2 heterocycles. The number of sulfonamides is 1. The molecule has 0 amide bonds. The monoisotopic (exact) mass is 413 g/mol. The first-order valence-corrected chi connectivity index (χ1v) is 9.76. The predicted octanol–water partition coefficient (Wildman–Crippen LogP) is 2.49. The Kier molecular flexibility index (Phi) is 5.29. The number of hydrogen-bond donors (Lipinski definition) is 0. The summed E-state index contributed by atoms with van der Waals surface area (Å²) in [6.45, 7) is 2.79. The van der Waals surface area contributed by atoms with Gasteiger partial charge in [-0.2, -0.15) is 4.31 Å². The lowest BCUT2D eigenvalue weighted by Crippen LogP contribution is -2.48. The van der Waals surface area contributed by atoms with Crippen molar-refractivity contribution in [2.75, 3.05) is 26.2 Å². The zero-order valence-corrected chi connectivity index (χ0v) is 15.3. The number of aromatic nitrogens is 1. The summed E-state index contributed by atoms with van der Waals surface area (Å²) in [5.74, 6) is -0.286. The maximum Gasteiger partial charge on any atom is 0.244 e. The summed E-state index contributed by atoms with van der Waals surface area (Å²) in [5, 5.41) is 0. The Hall–Kier alpha value is -1.35. The highest BCUT2D eigenvalue weighted by Gasteiger charge is 2.28. The lowest BCUT2D eigenvalue weighted by molar-refractivity contribution is 0.181. The van der Waals surface area contributed by atoms with Gasteiger partial charge in [-0.3, -0.25) is 9.88 Å². The second kappa shape index (κ2) is 7.26. The summed E-state index contributed by atoms with van der Waals surface area (Å²) in [6.07, 6.45) is 2.93. The maximum absolute atomic E-state index is 13.3. The molecule has 0 bridgehead atoms. The fourth-order valence-electron chi connectivity index (χ4n) is 2.67. The van der Waals surface area contributed by atoms with Gasteiger partial charge in [0.1, 0.15) is 10.7 Å². The lowest BCUT2D eigenvalue weighted by atomic mass is 10.2. The summed E-state index contributed by atoms with van der Waals surface area (Å²) in [5.41, 5.74) is 0.992. The highest BCUT2D eigenvalue weighted by Crippen LogP contribution is 2.20. The molecule has 5 nitrogen and oxygen atoms in total. The molecule has 0 radical (unpaired) electrons. The highest BCUT2D eigenvalue weighted by molar-refractivity contribution is 9.10. The van der Waals surface area contributed by atoms with Crippen LogP contribution in [0.2, 0.25) is 0 Å². The second-order valence-corrected chi connectivity index (χ2v) is 8.41. The molecule has 0 unspecified atom stereocenters. The zero-order chi connectivity index (χ0) is 17.2. The van der Waals surface area contributed by atoms with Crippen LogP contribution in [0.25, 0.3) is 0 Å². The summed E-state index contributed by atoms with van der Waals surface area (Å²) >= 11 is 3.19. The Morgan fingerprint density at radius 3 is 2.54 bits per heavy atom. The van der Waals surface area contributed by atoms with Crippen LogP contribution in [-0.2, 0) is 16.6 Å². The van der Waals surface area contributed by atoms with Gasteiger partial charge in [0.05, 0.1) is 4.47 Å². The first kappa shape index (κ1) is 17.5. The van der Waals surface area contributed by atoms with E-state index in [1.54, 1.807) is 30.5 Å². The molecule has 0 atom stereocenters. The summed E-state index contributed by atoms with van der Waals surface area (Å²) in [4.78, 5) is 6.27. The van der Waals surface area contributed by atoms with Crippen molar-refractivity contribution in [2.45, 2.75) is 11.4 Å². The van der Waals surface area contributed by atoms with E-state index >= 15 is 0 Å². The Balaban J connectivity index is 1.62. The highest BCUT2D eigenvalue weighted by atomic mass is 79.9. The number of hydrogen-bond acceptors (Lipinski definition) is 4. The molecule has 3 rings (SSSR count). The number of pyridine rings is 1. The van der Waals surface area contributed by atoms with E-state index in [4.69, 9.17) is 0 Å². The van der Waals surface area contributed by atoms with Crippen molar-refractivity contribution in [1.82, 2.24) is 14.2 Å². The van der Waals surface area contributed by atoms with Gasteiger partial charge in [-0.1, -0.05) is 6.07 Å². The van der Waals surface area contributed by atoms with Crippen molar-refractivity contribution < 1.29 is 12.8 Å². The van der Waals surface area contributed by atoms with Crippen LogP contribution in [0.5, 0.6) is 0 Å². The largest absolute Gasteiger partial charge is 0.296 e. The van der Waals surface area contributed by atoms with Gasteiger partial charge in [0.25, 0.3) is 0 Å². The molecule has 1 aliphatic rings. The Bertz CT molecular complexity index is 809. The molecule has 1 aromatic heterocycles. The fourth-order valence-corrected chi connectivity index (χ4v) is 4.49. The van der Waals surface area contributed by atoms with Gasteiger partial charge in [0.15, 0.2) is 0 Å². The van der Waals surface area contributed by atoms with Crippen molar-refractivity contribution in [3.05, 3.63) is 58.6 Å². The van der Waals surface area contributed by atoms with Crippen LogP contribution in [0.4, 0.5) is 4.39 Å². The molecule has 2 aromatic rings. The van der Waals surface area contributed by atoms with Crippen LogP contribution < -0.4 is 0 Å². The number of piperazine rings is 1. The smallest absolute Gasteiger partial charge is 0.244 e. The standard InChI is InChI=1S/C16H17BrFN3O2S/c17-15-10-13(3-4-16(15)18)12-20-6-8-21(9-7-20)24(22,23)14-2-1-5-19-11-14/h1-5,10-11H,6-9,12H2. The van der Waals surface area contributed by atoms with Crippen molar-refractivity contribution in [2.24, 2.45) is 0 Å². The van der Waals surface area contributed by atoms with Crippen molar-refractivity contribution in [3.8, 4) is 0 Å². The van der Waals surface area contributed by atoms with E-state index in [1.807, 2.05) is 0 Å². The molecule has 24 heavy (non-hydrogen) atoms. The van der Waals surface area contributed by atoms with Crippen LogP contribution in [0.3, 0.4) is 0 Å². The van der Waals surface area contributed by atoms with E-state index in [1.165, 1.54) is 16.6 Å². The van der Waals surface area contributed by atoms with E-state index in [9.17, 15) is 12.8 Å². The van der Waals surface area contributed by atoms with E-state index in [-0.39, 0.29) is 10.7 Å². The van der Waals surface area contributed by atoms with Gasteiger partial charge in [0, 0.05) is 45.1 Å². The molecule has 0 spiro atoms. The second-order valence-electron chi connectivity index (χ2n) is 5.62. The van der Waals surface area contributed by atoms with Gasteiger partial charge in [0.2, 0.25) is 10.0 Å². The van der Waals surface area contributed by atoms with Crippen LogP contribution in [0.15, 0.2) is 52.1 Å². The zero-order valence-electron chi connectivity index (χ0n) is 12.9. The van der Waals surface area contributed by atoms with Crippen molar-refractivity contribution in [3.63, 3.8) is 0 Å². The Morgan fingerprint density at radius 2 is 1.92 bits per heavy atom. The SMILES string of the molecule is O=S(=O)(c1cccnc1)N1CCN(Cc2ccc(F)c(Br)c2)CC1. The van der Waals surface area contributed by atoms with Gasteiger partial charge in [-0.15, -0.1) is 0 Å². The molecule has 0 saturated carbocycles. The molecular weight excluding hydrogens is 397 g/mol. The molecule has 1 aliphatic heterocycles. The minimum atomic E-state index is -3.48. The van der Waals surface area contributed by atoms with Crippen molar-refractivity contribution in [1.29, 1.82) is 0 Å². The summed E-state index contributed by atoms with van der Waals surface area (Å²) in [6, 6.07) is 8.12. The van der Waals surface area contributed by atoms with Crippen LogP contribution >= 0.6 is 15.9 Å². The van der Waals surface area contributed by atoms with Crippen LogP contribution in [0.1, 0.15) is 5.56 Å². The fraction of sp³-hybridized carbons (Fsp3) is 0.312. The number of halogens is 2. The van der Waals surface area contributed by atoms with Crippen LogP contribution in [-0.4, -0.2) is 48.8 Å². The molecule has 128 valence electrons. The Labute approximate surface area is 149 Å². The van der Waals surface area contributed by atoms with Gasteiger partial charge < -0.3 is 0 Å². The quantitative estimate of drug-likeness (QED) is 0.772. The molecule has 1 saturated heterocycles. The average molecular weight is 414 g/mol. The molecule has 1 fully saturated rings. The first-order chi connectivity index (χ1) is 11.5. The topological polar surface area (TPSA) is 53.5 Å². The predicted molar refractivity (Wildman–Crippen MR) is 92.4 cm³/mol. The van der Waals surface area contributed by atoms with Gasteiger partial charge in [-0.25, -0.2) is 12.8 Å². The Morgan fingerprint density at radius 1 is 1.17 bits per heavy atom. The normalized spacial score (nSPS) is 17.1. The molecule has 0 N–H and O–H groups in total. The molecule has 8 heteroatoms. The van der Waals surface area contributed by atoms with E-state index in [2.05, 4.69) is 25.8 Å². The maximum atomic E-state index is 13.3. The van der Waals surface area contributed by atoms with E-state index in [0.29, 0.717) is 37.2 Å². The van der Waals surface area contributed by atoms with Gasteiger partial charge in [-0.05, 0) is 45.8 Å². The van der Waals surface area contributed by atoms with Crippen molar-refractivity contribution >= 4 is 26.0 Å². The van der Waals surface area contributed by atoms with E-state index in [0.717, 1.165) is 5.56 Å². The van der Waals surface area contributed by atoms with Gasteiger partial charge >= 0.3 is 0 Å². The van der Waals surface area contributed by atoms with Crippen LogP contribution in [0, 0.1) is 5.82 Å². The number of nitrogens with zero attached hydrogens (tertiary/aromatic N) is 3. The molecular formula is C16H17BrFN3O2S. The number of benzene rings is 1. The van der Waals surface area contributed by atoms with E-state index < -0.39 is 10.0 Å². The first-order valence-electron chi connectivity index (χ1n) is 7.53.